The Kier molecular flexibility index (Phi) is 3.85. The lowest BCUT2D eigenvalue weighted by atomic mass is 10.1. The van der Waals surface area contributed by atoms with Crippen molar-refractivity contribution in [3.63, 3.8) is 0 Å². The summed E-state index contributed by atoms with van der Waals surface area (Å²) < 4.78 is 5.59. The van der Waals surface area contributed by atoms with Crippen molar-refractivity contribution < 1.29 is 14.3 Å². The van der Waals surface area contributed by atoms with Gasteiger partial charge in [0.25, 0.3) is 0 Å². The van der Waals surface area contributed by atoms with Crippen molar-refractivity contribution in [2.45, 2.75) is 6.92 Å². The van der Waals surface area contributed by atoms with E-state index in [9.17, 15) is 9.90 Å². The zero-order valence-electron chi connectivity index (χ0n) is 12.7. The van der Waals surface area contributed by atoms with Crippen LogP contribution in [0.25, 0.3) is 22.6 Å². The second-order valence-electron chi connectivity index (χ2n) is 5.41. The molecule has 1 aromatic heterocycles. The first-order valence-electron chi connectivity index (χ1n) is 7.24. The van der Waals surface area contributed by atoms with Gasteiger partial charge in [0.05, 0.1) is 5.56 Å². The molecule has 0 unspecified atom stereocenters. The van der Waals surface area contributed by atoms with E-state index >= 15 is 0 Å². The molecule has 0 fully saturated rings. The molecule has 0 amide bonds. The van der Waals surface area contributed by atoms with Crippen molar-refractivity contribution in [3.05, 3.63) is 78.1 Å². The lowest BCUT2D eigenvalue weighted by Gasteiger charge is -2.00. The van der Waals surface area contributed by atoms with Gasteiger partial charge >= 0.3 is 0 Å². The van der Waals surface area contributed by atoms with Crippen LogP contribution in [0.4, 0.5) is 0 Å². The van der Waals surface area contributed by atoms with Crippen LogP contribution in [-0.2, 0) is 0 Å². The quantitative estimate of drug-likeness (QED) is 0.541. The molecule has 0 saturated carbocycles. The third kappa shape index (κ3) is 3.09. The topological polar surface area (TPSA) is 50.4 Å². The third-order valence-corrected chi connectivity index (χ3v) is 3.55. The van der Waals surface area contributed by atoms with E-state index in [1.54, 1.807) is 12.1 Å². The van der Waals surface area contributed by atoms with E-state index in [-0.39, 0.29) is 17.1 Å². The molecular weight excluding hydrogens is 288 g/mol. The monoisotopic (exact) mass is 304 g/mol. The van der Waals surface area contributed by atoms with Crippen molar-refractivity contribution in [2.24, 2.45) is 0 Å². The Morgan fingerprint density at radius 1 is 1.17 bits per heavy atom. The van der Waals surface area contributed by atoms with E-state index in [1.807, 2.05) is 43.3 Å². The van der Waals surface area contributed by atoms with Gasteiger partial charge in [-0.1, -0.05) is 43.0 Å². The van der Waals surface area contributed by atoms with Crippen LogP contribution >= 0.6 is 0 Å². The molecule has 3 heteroatoms. The number of rotatable bonds is 4. The average Bonchev–Trinajstić information content (AvgIpc) is 2.96. The fraction of sp³-hybridized carbons (Fsp3) is 0.0500. The lowest BCUT2D eigenvalue weighted by Crippen LogP contribution is -1.94. The van der Waals surface area contributed by atoms with Crippen LogP contribution in [0.1, 0.15) is 28.6 Å². The van der Waals surface area contributed by atoms with E-state index < -0.39 is 0 Å². The summed E-state index contributed by atoms with van der Waals surface area (Å²) in [6.07, 6.45) is 3.18. The van der Waals surface area contributed by atoms with Gasteiger partial charge < -0.3 is 9.52 Å². The normalized spacial score (nSPS) is 11.2. The molecule has 1 N–H and O–H groups in total. The molecule has 0 aliphatic carbocycles. The first-order valence-corrected chi connectivity index (χ1v) is 7.24. The van der Waals surface area contributed by atoms with Crippen molar-refractivity contribution in [1.29, 1.82) is 0 Å². The summed E-state index contributed by atoms with van der Waals surface area (Å²) >= 11 is 0. The first-order chi connectivity index (χ1) is 11.0. The van der Waals surface area contributed by atoms with Crippen molar-refractivity contribution in [1.82, 2.24) is 0 Å². The number of aromatic hydroxyl groups is 1. The standard InChI is InChI=1S/C20H16O3/c1-13(2)19-11-15-10-16(18(22)12-20(15)23-19)17(21)9-8-14-6-4-3-5-7-14/h3-12,22H,1H2,2H3/b9-8+. The third-order valence-electron chi connectivity index (χ3n) is 3.55. The summed E-state index contributed by atoms with van der Waals surface area (Å²) in [5, 5.41) is 10.8. The number of carbonyl (C=O) groups is 1. The lowest BCUT2D eigenvalue weighted by molar-refractivity contribution is 0.104. The number of fused-ring (bicyclic) bond motifs is 1. The molecule has 0 radical (unpaired) electrons. The van der Waals surface area contributed by atoms with Gasteiger partial charge in [-0.3, -0.25) is 4.79 Å². The number of benzene rings is 2. The number of phenols is 1. The van der Waals surface area contributed by atoms with Gasteiger partial charge in [-0.25, -0.2) is 0 Å². The minimum absolute atomic E-state index is 0.0946. The maximum Gasteiger partial charge on any atom is 0.189 e. The minimum atomic E-state index is -0.258. The van der Waals surface area contributed by atoms with Gasteiger partial charge in [-0.15, -0.1) is 0 Å². The minimum Gasteiger partial charge on any atom is -0.507 e. The maximum absolute atomic E-state index is 12.3. The number of carbonyl (C=O) groups excluding carboxylic acids is 1. The summed E-state index contributed by atoms with van der Waals surface area (Å²) in [6.45, 7) is 5.67. The smallest absolute Gasteiger partial charge is 0.189 e. The Labute approximate surface area is 134 Å². The molecule has 114 valence electrons. The van der Waals surface area contributed by atoms with Crippen molar-refractivity contribution in [2.75, 3.05) is 0 Å². The highest BCUT2D eigenvalue weighted by Gasteiger charge is 2.13. The molecular formula is C20H16O3. The number of hydrogen-bond donors (Lipinski definition) is 1. The molecule has 0 saturated heterocycles. The largest absolute Gasteiger partial charge is 0.507 e. The molecule has 0 aliphatic heterocycles. The van der Waals surface area contributed by atoms with Gasteiger partial charge in [0.2, 0.25) is 0 Å². The fourth-order valence-electron chi connectivity index (χ4n) is 2.31. The van der Waals surface area contributed by atoms with E-state index in [4.69, 9.17) is 4.42 Å². The summed E-state index contributed by atoms with van der Waals surface area (Å²) in [7, 11) is 0. The maximum atomic E-state index is 12.3. The second kappa shape index (κ2) is 5.97. The highest BCUT2D eigenvalue weighted by atomic mass is 16.3. The predicted molar refractivity (Wildman–Crippen MR) is 92.4 cm³/mol. The van der Waals surface area contributed by atoms with Crippen LogP contribution in [0.5, 0.6) is 5.75 Å². The van der Waals surface area contributed by atoms with Crippen LogP contribution in [0.15, 0.2) is 65.6 Å². The van der Waals surface area contributed by atoms with E-state index in [0.717, 1.165) is 16.5 Å². The SMILES string of the molecule is C=C(C)c1cc2cc(C(=O)/C=C/c3ccccc3)c(O)cc2o1. The molecule has 3 nitrogen and oxygen atoms in total. The molecule has 0 spiro atoms. The van der Waals surface area contributed by atoms with E-state index in [1.165, 1.54) is 12.1 Å². The van der Waals surface area contributed by atoms with Crippen molar-refractivity contribution in [3.8, 4) is 5.75 Å². The Bertz CT molecular complexity index is 915. The summed E-state index contributed by atoms with van der Waals surface area (Å²) in [5.41, 5.74) is 2.50. The molecule has 3 aromatic rings. The second-order valence-corrected chi connectivity index (χ2v) is 5.41. The Morgan fingerprint density at radius 3 is 2.61 bits per heavy atom. The molecule has 3 rings (SSSR count). The fourth-order valence-corrected chi connectivity index (χ4v) is 2.31. The van der Waals surface area contributed by atoms with E-state index in [2.05, 4.69) is 6.58 Å². The Balaban J connectivity index is 1.95. The highest BCUT2D eigenvalue weighted by Crippen LogP contribution is 2.30. The predicted octanol–water partition coefficient (Wildman–Crippen LogP) is 5.07. The number of allylic oxidation sites excluding steroid dienone is 2. The number of furan rings is 1. The number of hydrogen-bond acceptors (Lipinski definition) is 3. The van der Waals surface area contributed by atoms with Crippen LogP contribution in [-0.4, -0.2) is 10.9 Å². The molecule has 0 aliphatic rings. The average molecular weight is 304 g/mol. The molecule has 0 atom stereocenters. The zero-order chi connectivity index (χ0) is 16.4. The van der Waals surface area contributed by atoms with Gasteiger partial charge in [0, 0.05) is 11.5 Å². The van der Waals surface area contributed by atoms with Gasteiger partial charge in [0.1, 0.15) is 17.1 Å². The summed E-state index contributed by atoms with van der Waals surface area (Å²) in [4.78, 5) is 12.3. The van der Waals surface area contributed by atoms with Crippen LogP contribution in [0, 0.1) is 0 Å². The van der Waals surface area contributed by atoms with Crippen LogP contribution < -0.4 is 0 Å². The first kappa shape index (κ1) is 14.9. The number of ketones is 1. The van der Waals surface area contributed by atoms with Crippen molar-refractivity contribution >= 4 is 28.4 Å². The molecule has 1 heterocycles. The molecule has 2 aromatic carbocycles. The molecule has 23 heavy (non-hydrogen) atoms. The molecule has 0 bridgehead atoms. The Morgan fingerprint density at radius 2 is 1.91 bits per heavy atom. The van der Waals surface area contributed by atoms with Gasteiger partial charge in [0.15, 0.2) is 5.78 Å². The van der Waals surface area contributed by atoms with Gasteiger partial charge in [-0.05, 0) is 36.3 Å². The summed E-state index contributed by atoms with van der Waals surface area (Å²) in [6, 6.07) is 14.4. The van der Waals surface area contributed by atoms with Crippen LogP contribution in [0.3, 0.4) is 0 Å². The Hall–Kier alpha value is -3.07. The number of phenolic OH excluding ortho intramolecular Hbond substituents is 1. The van der Waals surface area contributed by atoms with Gasteiger partial charge in [-0.2, -0.15) is 0 Å². The van der Waals surface area contributed by atoms with Crippen LogP contribution in [0.2, 0.25) is 0 Å². The zero-order valence-corrected chi connectivity index (χ0v) is 12.7. The van der Waals surface area contributed by atoms with E-state index in [0.29, 0.717) is 11.3 Å². The summed E-state index contributed by atoms with van der Waals surface area (Å²) in [5.74, 6) is 0.290. The highest BCUT2D eigenvalue weighted by molar-refractivity contribution is 6.10.